The highest BCUT2D eigenvalue weighted by atomic mass is 35.5. The summed E-state index contributed by atoms with van der Waals surface area (Å²) in [5.41, 5.74) is 0.0628. The zero-order valence-electron chi connectivity index (χ0n) is 13.9. The highest BCUT2D eigenvalue weighted by Crippen LogP contribution is 2.34. The lowest BCUT2D eigenvalue weighted by molar-refractivity contribution is -0.113. The van der Waals surface area contributed by atoms with Crippen molar-refractivity contribution in [2.75, 3.05) is 5.32 Å². The molecule has 1 heterocycles. The van der Waals surface area contributed by atoms with Crippen molar-refractivity contribution in [1.29, 1.82) is 0 Å². The van der Waals surface area contributed by atoms with Crippen molar-refractivity contribution in [1.82, 2.24) is 10.6 Å². The highest BCUT2D eigenvalue weighted by Gasteiger charge is 2.34. The van der Waals surface area contributed by atoms with Crippen molar-refractivity contribution in [2.45, 2.75) is 13.0 Å². The molecule has 140 valence electrons. The fraction of sp³-hybridized carbons (Fsp3) is 0.111. The second-order valence-electron chi connectivity index (χ2n) is 5.79. The summed E-state index contributed by atoms with van der Waals surface area (Å²) in [5.74, 6) is -3.65. The number of hydrogen-bond donors (Lipinski definition) is 3. The van der Waals surface area contributed by atoms with Gasteiger partial charge < -0.3 is 16.0 Å². The van der Waals surface area contributed by atoms with Crippen LogP contribution >= 0.6 is 11.6 Å². The van der Waals surface area contributed by atoms with Crippen LogP contribution in [0.3, 0.4) is 0 Å². The van der Waals surface area contributed by atoms with Gasteiger partial charge in [0.2, 0.25) is 0 Å². The number of amides is 3. The second-order valence-corrected chi connectivity index (χ2v) is 6.20. The number of benzene rings is 2. The molecule has 0 spiro atoms. The molecule has 0 unspecified atom stereocenters. The molecule has 0 radical (unpaired) electrons. The molecule has 9 heteroatoms. The maximum atomic E-state index is 14.3. The van der Waals surface area contributed by atoms with Gasteiger partial charge in [0, 0.05) is 28.0 Å². The molecule has 2 aromatic carbocycles. The minimum Gasteiger partial charge on any atom is -0.327 e. The van der Waals surface area contributed by atoms with Gasteiger partial charge in [0.15, 0.2) is 11.6 Å². The average molecular weight is 396 g/mol. The van der Waals surface area contributed by atoms with Crippen LogP contribution in [0.4, 0.5) is 23.7 Å². The first-order valence-corrected chi connectivity index (χ1v) is 8.14. The Labute approximate surface area is 157 Å². The summed E-state index contributed by atoms with van der Waals surface area (Å²) in [6, 6.07) is 5.00. The number of allylic oxidation sites excluding steroid dienone is 1. The normalized spacial score (nSPS) is 16.6. The molecule has 5 nitrogen and oxygen atoms in total. The molecule has 0 bridgehead atoms. The van der Waals surface area contributed by atoms with E-state index in [1.807, 2.05) is 0 Å². The van der Waals surface area contributed by atoms with E-state index in [1.54, 1.807) is 0 Å². The largest absolute Gasteiger partial charge is 0.327 e. The first-order chi connectivity index (χ1) is 12.8. The van der Waals surface area contributed by atoms with Gasteiger partial charge in [-0.25, -0.2) is 18.0 Å². The van der Waals surface area contributed by atoms with E-state index in [0.29, 0.717) is 0 Å². The van der Waals surface area contributed by atoms with Crippen LogP contribution in [0.25, 0.3) is 0 Å². The summed E-state index contributed by atoms with van der Waals surface area (Å²) in [7, 11) is 0. The first-order valence-electron chi connectivity index (χ1n) is 7.76. The van der Waals surface area contributed by atoms with Crippen molar-refractivity contribution in [3.8, 4) is 0 Å². The van der Waals surface area contributed by atoms with Crippen LogP contribution in [0, 0.1) is 17.5 Å². The predicted molar refractivity (Wildman–Crippen MR) is 93.5 cm³/mol. The molecule has 0 aromatic heterocycles. The van der Waals surface area contributed by atoms with Gasteiger partial charge in [0.25, 0.3) is 5.91 Å². The van der Waals surface area contributed by atoms with Crippen LogP contribution in [0.1, 0.15) is 18.5 Å². The molecule has 0 fully saturated rings. The van der Waals surface area contributed by atoms with Crippen LogP contribution in [-0.2, 0) is 4.79 Å². The third kappa shape index (κ3) is 3.75. The summed E-state index contributed by atoms with van der Waals surface area (Å²) >= 11 is 6.07. The summed E-state index contributed by atoms with van der Waals surface area (Å²) in [4.78, 5) is 24.6. The van der Waals surface area contributed by atoms with Crippen LogP contribution in [0.15, 0.2) is 47.7 Å². The van der Waals surface area contributed by atoms with Gasteiger partial charge in [-0.15, -0.1) is 0 Å². The fourth-order valence-electron chi connectivity index (χ4n) is 2.77. The molecule has 2 aromatic rings. The van der Waals surface area contributed by atoms with Crippen LogP contribution in [0.2, 0.25) is 5.02 Å². The standard InChI is InChI=1S/C18H13ClF3N3O2/c1-8-14(17(26)24-9-5-6-11(20)13(22)7-9)16(25-18(27)23-8)15-10(19)3-2-4-12(15)21/h2-7,16H,1H3,(H,24,26)(H2,23,25,27)/t16-/m0/s1. The first kappa shape index (κ1) is 18.8. The Bertz CT molecular complexity index is 958. The van der Waals surface area contributed by atoms with Gasteiger partial charge in [-0.05, 0) is 31.2 Å². The number of carbonyl (C=O) groups excluding carboxylic acids is 2. The zero-order valence-corrected chi connectivity index (χ0v) is 14.6. The van der Waals surface area contributed by atoms with E-state index in [0.717, 1.165) is 18.2 Å². The molecular formula is C18H13ClF3N3O2. The van der Waals surface area contributed by atoms with Crippen LogP contribution in [-0.4, -0.2) is 11.9 Å². The van der Waals surface area contributed by atoms with E-state index < -0.39 is 35.4 Å². The van der Waals surface area contributed by atoms with Crippen LogP contribution < -0.4 is 16.0 Å². The van der Waals surface area contributed by atoms with Gasteiger partial charge in [-0.2, -0.15) is 0 Å². The van der Waals surface area contributed by atoms with Crippen molar-refractivity contribution in [3.05, 3.63) is 75.7 Å². The molecule has 0 aliphatic carbocycles. The van der Waals surface area contributed by atoms with E-state index >= 15 is 0 Å². The fourth-order valence-corrected chi connectivity index (χ4v) is 3.04. The number of hydrogen-bond acceptors (Lipinski definition) is 2. The maximum Gasteiger partial charge on any atom is 0.319 e. The van der Waals surface area contributed by atoms with Crippen LogP contribution in [0.5, 0.6) is 0 Å². The SMILES string of the molecule is CC1=C(C(=O)Nc2ccc(F)c(F)c2)[C@@H](c2c(F)cccc2Cl)NC(=O)N1. The molecule has 1 aliphatic rings. The average Bonchev–Trinajstić information content (AvgIpc) is 2.57. The zero-order chi connectivity index (χ0) is 19.7. The monoisotopic (exact) mass is 395 g/mol. The van der Waals surface area contributed by atoms with Gasteiger partial charge in [0.1, 0.15) is 5.82 Å². The van der Waals surface area contributed by atoms with Gasteiger partial charge in [-0.3, -0.25) is 4.79 Å². The number of halogens is 4. The molecule has 27 heavy (non-hydrogen) atoms. The lowest BCUT2D eigenvalue weighted by atomic mass is 9.94. The Morgan fingerprint density at radius 2 is 1.85 bits per heavy atom. The molecule has 0 saturated heterocycles. The van der Waals surface area contributed by atoms with E-state index in [9.17, 15) is 22.8 Å². The Morgan fingerprint density at radius 3 is 2.52 bits per heavy atom. The molecule has 1 aliphatic heterocycles. The van der Waals surface area contributed by atoms with E-state index in [2.05, 4.69) is 16.0 Å². The number of carbonyl (C=O) groups is 2. The maximum absolute atomic E-state index is 14.3. The summed E-state index contributed by atoms with van der Waals surface area (Å²) in [6.45, 7) is 1.46. The lowest BCUT2D eigenvalue weighted by Gasteiger charge is -2.29. The van der Waals surface area contributed by atoms with Gasteiger partial charge in [-0.1, -0.05) is 17.7 Å². The molecule has 3 rings (SSSR count). The highest BCUT2D eigenvalue weighted by molar-refractivity contribution is 6.31. The number of urea groups is 1. The van der Waals surface area contributed by atoms with Crippen molar-refractivity contribution in [2.24, 2.45) is 0 Å². The summed E-state index contributed by atoms with van der Waals surface area (Å²) in [6.07, 6.45) is 0. The quantitative estimate of drug-likeness (QED) is 0.734. The van der Waals surface area contributed by atoms with E-state index in [4.69, 9.17) is 11.6 Å². The van der Waals surface area contributed by atoms with E-state index in [-0.39, 0.29) is 27.5 Å². The Morgan fingerprint density at radius 1 is 1.11 bits per heavy atom. The Hall–Kier alpha value is -3.00. The number of nitrogens with one attached hydrogen (secondary N) is 3. The van der Waals surface area contributed by atoms with Gasteiger partial charge >= 0.3 is 6.03 Å². The smallest absolute Gasteiger partial charge is 0.319 e. The topological polar surface area (TPSA) is 70.2 Å². The Balaban J connectivity index is 2.01. The van der Waals surface area contributed by atoms with Crippen molar-refractivity contribution in [3.63, 3.8) is 0 Å². The molecule has 1 atom stereocenters. The predicted octanol–water partition coefficient (Wildman–Crippen LogP) is 4.02. The Kier molecular flexibility index (Phi) is 5.09. The van der Waals surface area contributed by atoms with E-state index in [1.165, 1.54) is 25.1 Å². The molecule has 0 saturated carbocycles. The third-order valence-electron chi connectivity index (χ3n) is 3.98. The lowest BCUT2D eigenvalue weighted by Crippen LogP contribution is -2.46. The minimum absolute atomic E-state index is 0.00511. The molecule has 3 amide bonds. The minimum atomic E-state index is -1.17. The number of rotatable bonds is 3. The van der Waals surface area contributed by atoms with Crippen molar-refractivity contribution >= 4 is 29.2 Å². The second kappa shape index (κ2) is 7.32. The summed E-state index contributed by atoms with van der Waals surface area (Å²) < 4.78 is 40.8. The molecular weight excluding hydrogens is 383 g/mol. The number of anilines is 1. The van der Waals surface area contributed by atoms with Gasteiger partial charge in [0.05, 0.1) is 11.6 Å². The third-order valence-corrected chi connectivity index (χ3v) is 4.31. The summed E-state index contributed by atoms with van der Waals surface area (Å²) in [5, 5.41) is 7.30. The molecule has 3 N–H and O–H groups in total. The van der Waals surface area contributed by atoms with Crippen molar-refractivity contribution < 1.29 is 22.8 Å².